The Morgan fingerprint density at radius 3 is 2.03 bits per heavy atom. The third-order valence-corrected chi connectivity index (χ3v) is 7.24. The van der Waals surface area contributed by atoms with Gasteiger partial charge in [0.05, 0.1) is 11.4 Å². The van der Waals surface area contributed by atoms with Crippen LogP contribution in [0.4, 0.5) is 0 Å². The Balaban J connectivity index is 1.64. The second-order valence-corrected chi connectivity index (χ2v) is 9.61. The van der Waals surface area contributed by atoms with E-state index in [-0.39, 0.29) is 0 Å². The number of halogens is 1. The highest BCUT2D eigenvalue weighted by molar-refractivity contribution is 9.10. The van der Waals surface area contributed by atoms with Crippen LogP contribution in [-0.2, 0) is 0 Å². The van der Waals surface area contributed by atoms with Crippen molar-refractivity contribution in [1.29, 1.82) is 0 Å². The van der Waals surface area contributed by atoms with Crippen LogP contribution >= 0.6 is 27.3 Å². The molecule has 32 heavy (non-hydrogen) atoms. The molecule has 2 nitrogen and oxygen atoms in total. The number of fused-ring (bicyclic) bond motifs is 3. The topological polar surface area (TPSA) is 25.8 Å². The molecule has 0 saturated heterocycles. The Hall–Kier alpha value is -3.34. The van der Waals surface area contributed by atoms with Crippen LogP contribution in [0, 0.1) is 0 Å². The van der Waals surface area contributed by atoms with Crippen molar-refractivity contribution in [2.24, 2.45) is 0 Å². The molecule has 0 aliphatic rings. The minimum absolute atomic E-state index is 0.749. The highest BCUT2D eigenvalue weighted by Gasteiger charge is 2.15. The van der Waals surface area contributed by atoms with Crippen LogP contribution in [0.3, 0.4) is 0 Å². The second-order valence-electron chi connectivity index (χ2n) is 7.61. The molecule has 0 unspecified atom stereocenters. The molecule has 4 heteroatoms. The Labute approximate surface area is 198 Å². The van der Waals surface area contributed by atoms with Gasteiger partial charge in [0.15, 0.2) is 5.82 Å². The number of aromatic nitrogens is 2. The fourth-order valence-corrected chi connectivity index (χ4v) is 5.45. The summed E-state index contributed by atoms with van der Waals surface area (Å²) in [5, 5.41) is 2.47. The fraction of sp³-hybridized carbons (Fsp3) is 0. The van der Waals surface area contributed by atoms with Gasteiger partial charge in [0.2, 0.25) is 0 Å². The lowest BCUT2D eigenvalue weighted by atomic mass is 10.0. The molecule has 0 aliphatic carbocycles. The van der Waals surface area contributed by atoms with Gasteiger partial charge in [-0.15, -0.1) is 11.3 Å². The molecule has 0 radical (unpaired) electrons. The van der Waals surface area contributed by atoms with Gasteiger partial charge in [-0.25, -0.2) is 9.97 Å². The number of nitrogens with zero attached hydrogens (tertiary/aromatic N) is 2. The van der Waals surface area contributed by atoms with E-state index < -0.39 is 0 Å². The molecule has 6 aromatic rings. The minimum atomic E-state index is 0.749. The summed E-state index contributed by atoms with van der Waals surface area (Å²) >= 11 is 5.35. The molecule has 152 valence electrons. The molecule has 0 aliphatic heterocycles. The first-order valence-electron chi connectivity index (χ1n) is 10.4. The molecule has 0 spiro atoms. The van der Waals surface area contributed by atoms with Gasteiger partial charge in [-0.1, -0.05) is 88.7 Å². The molecular weight excluding hydrogens is 476 g/mol. The van der Waals surface area contributed by atoms with Crippen LogP contribution in [0.25, 0.3) is 54.1 Å². The summed E-state index contributed by atoms with van der Waals surface area (Å²) in [6.07, 6.45) is 0. The third kappa shape index (κ3) is 3.42. The van der Waals surface area contributed by atoms with Crippen LogP contribution in [-0.4, -0.2) is 9.97 Å². The number of hydrogen-bond donors (Lipinski definition) is 0. The van der Waals surface area contributed by atoms with Crippen molar-refractivity contribution in [2.75, 3.05) is 0 Å². The van der Waals surface area contributed by atoms with Crippen LogP contribution in [0.1, 0.15) is 0 Å². The van der Waals surface area contributed by atoms with E-state index in [0.29, 0.717) is 0 Å². The lowest BCUT2D eigenvalue weighted by Crippen LogP contribution is -1.96. The maximum atomic E-state index is 5.04. The van der Waals surface area contributed by atoms with E-state index in [2.05, 4.69) is 88.7 Å². The molecule has 0 amide bonds. The molecule has 0 atom stereocenters. The van der Waals surface area contributed by atoms with E-state index in [0.717, 1.165) is 38.4 Å². The van der Waals surface area contributed by atoms with Crippen molar-refractivity contribution in [3.63, 3.8) is 0 Å². The zero-order chi connectivity index (χ0) is 21.5. The lowest BCUT2D eigenvalue weighted by molar-refractivity contribution is 1.19. The minimum Gasteiger partial charge on any atom is -0.228 e. The zero-order valence-corrected chi connectivity index (χ0v) is 19.4. The third-order valence-electron chi connectivity index (χ3n) is 5.58. The highest BCUT2D eigenvalue weighted by atomic mass is 79.9. The van der Waals surface area contributed by atoms with Gasteiger partial charge in [-0.05, 0) is 30.3 Å². The van der Waals surface area contributed by atoms with Crippen molar-refractivity contribution in [1.82, 2.24) is 9.97 Å². The monoisotopic (exact) mass is 492 g/mol. The Kier molecular flexibility index (Phi) is 4.82. The van der Waals surface area contributed by atoms with E-state index in [1.54, 1.807) is 0 Å². The molecule has 4 aromatic carbocycles. The summed E-state index contributed by atoms with van der Waals surface area (Å²) < 4.78 is 3.58. The van der Waals surface area contributed by atoms with Gasteiger partial charge in [-0.2, -0.15) is 0 Å². The van der Waals surface area contributed by atoms with Crippen LogP contribution in [0.5, 0.6) is 0 Å². The molecule has 0 saturated carbocycles. The molecule has 0 bridgehead atoms. The van der Waals surface area contributed by atoms with Gasteiger partial charge in [0.25, 0.3) is 0 Å². The van der Waals surface area contributed by atoms with E-state index in [4.69, 9.17) is 9.97 Å². The fourth-order valence-electron chi connectivity index (χ4n) is 4.05. The molecule has 0 N–H and O–H groups in total. The highest BCUT2D eigenvalue weighted by Crippen LogP contribution is 2.39. The smallest absolute Gasteiger partial charge is 0.161 e. The summed E-state index contributed by atoms with van der Waals surface area (Å²) in [4.78, 5) is 10.1. The normalized spacial score (nSPS) is 11.3. The average Bonchev–Trinajstić information content (AvgIpc) is 3.24. The predicted molar refractivity (Wildman–Crippen MR) is 139 cm³/mol. The van der Waals surface area contributed by atoms with E-state index >= 15 is 0 Å². The molecule has 6 rings (SSSR count). The summed E-state index contributed by atoms with van der Waals surface area (Å²) in [5.74, 6) is 0.749. The summed E-state index contributed by atoms with van der Waals surface area (Å²) in [5.41, 5.74) is 5.05. The number of rotatable bonds is 3. The SMILES string of the molecule is Brc1ccc(-c2cc(-c3ccccc3)nc(-c3cccc4sc5ccccc5c34)n2)cc1. The van der Waals surface area contributed by atoms with Gasteiger partial charge < -0.3 is 0 Å². The number of benzene rings is 4. The van der Waals surface area contributed by atoms with Crippen molar-refractivity contribution in [3.05, 3.63) is 108 Å². The van der Waals surface area contributed by atoms with Crippen LogP contribution < -0.4 is 0 Å². The van der Waals surface area contributed by atoms with Crippen molar-refractivity contribution >= 4 is 47.4 Å². The predicted octanol–water partition coefficient (Wildman–Crippen LogP) is 8.61. The van der Waals surface area contributed by atoms with E-state index in [1.807, 2.05) is 41.7 Å². The first-order chi connectivity index (χ1) is 15.8. The van der Waals surface area contributed by atoms with Gasteiger partial charge in [-0.3, -0.25) is 0 Å². The Bertz CT molecular complexity index is 1570. The number of hydrogen-bond acceptors (Lipinski definition) is 3. The first-order valence-corrected chi connectivity index (χ1v) is 12.0. The maximum Gasteiger partial charge on any atom is 0.161 e. The molecular formula is C28H17BrN2S. The molecule has 2 heterocycles. The van der Waals surface area contributed by atoms with Crippen molar-refractivity contribution < 1.29 is 0 Å². The standard InChI is InChI=1S/C28H17BrN2S/c29-20-15-13-19(14-16-20)24-17-23(18-7-2-1-3-8-18)30-28(31-24)22-10-6-12-26-27(22)21-9-4-5-11-25(21)32-26/h1-17H. The van der Waals surface area contributed by atoms with E-state index in [1.165, 1.54) is 20.2 Å². The molecule has 0 fully saturated rings. The summed E-state index contributed by atoms with van der Waals surface area (Å²) in [6.45, 7) is 0. The average molecular weight is 493 g/mol. The quantitative estimate of drug-likeness (QED) is 0.247. The number of thiophene rings is 1. The van der Waals surface area contributed by atoms with Gasteiger partial charge in [0, 0.05) is 41.3 Å². The zero-order valence-electron chi connectivity index (χ0n) is 17.0. The van der Waals surface area contributed by atoms with Crippen molar-refractivity contribution in [2.45, 2.75) is 0 Å². The summed E-state index contributed by atoms with van der Waals surface area (Å²) in [6, 6.07) is 35.6. The van der Waals surface area contributed by atoms with E-state index in [9.17, 15) is 0 Å². The second kappa shape index (κ2) is 7.97. The maximum absolute atomic E-state index is 5.04. The lowest BCUT2D eigenvalue weighted by Gasteiger charge is -2.10. The summed E-state index contributed by atoms with van der Waals surface area (Å²) in [7, 11) is 0. The Morgan fingerprint density at radius 2 is 1.25 bits per heavy atom. The largest absolute Gasteiger partial charge is 0.228 e. The van der Waals surface area contributed by atoms with Gasteiger partial charge in [0.1, 0.15) is 0 Å². The molecule has 2 aromatic heterocycles. The van der Waals surface area contributed by atoms with Crippen LogP contribution in [0.15, 0.2) is 108 Å². The Morgan fingerprint density at radius 1 is 0.594 bits per heavy atom. The van der Waals surface area contributed by atoms with Gasteiger partial charge >= 0.3 is 0 Å². The first kappa shape index (κ1) is 19.4. The van der Waals surface area contributed by atoms with Crippen molar-refractivity contribution in [3.8, 4) is 33.9 Å². The van der Waals surface area contributed by atoms with Crippen LogP contribution in [0.2, 0.25) is 0 Å².